The standard InChI is InChI=1S/C31H31ClN4O7S/c1-21-26(32)9-4-11-28(21)42-14-5-12-29(37)36-13-15-43-30-25(8-3-10-27(30)36)24-17-34-35(19-24)18-22-6-2-7-23(16-22)31(38)33-20-44(39,40)41/h2-4,6-11,16-17,19H,5,12-15,18,20H2,1H3,(H,33,38)(H,39,40,41). The van der Waals surface area contributed by atoms with Gasteiger partial charge in [0.15, 0.2) is 5.75 Å². The highest BCUT2D eigenvalue weighted by molar-refractivity contribution is 7.85. The number of hydrogen-bond donors (Lipinski definition) is 2. The van der Waals surface area contributed by atoms with Crippen LogP contribution in [0.4, 0.5) is 5.69 Å². The summed E-state index contributed by atoms with van der Waals surface area (Å²) in [7, 11) is -4.33. The number of carbonyl (C=O) groups excluding carboxylic acids is 2. The van der Waals surface area contributed by atoms with Gasteiger partial charge in [0, 0.05) is 39.9 Å². The van der Waals surface area contributed by atoms with Crippen LogP contribution in [0.25, 0.3) is 11.1 Å². The summed E-state index contributed by atoms with van der Waals surface area (Å²) in [4.78, 5) is 27.3. The third-order valence-corrected chi connectivity index (χ3v) is 7.97. The van der Waals surface area contributed by atoms with E-state index in [9.17, 15) is 18.0 Å². The van der Waals surface area contributed by atoms with Gasteiger partial charge >= 0.3 is 0 Å². The fourth-order valence-corrected chi connectivity index (χ4v) is 5.34. The summed E-state index contributed by atoms with van der Waals surface area (Å²) in [5.41, 5.74) is 4.17. The third kappa shape index (κ3) is 7.57. The fourth-order valence-electron chi connectivity index (χ4n) is 4.87. The molecule has 0 atom stereocenters. The highest BCUT2D eigenvalue weighted by Gasteiger charge is 2.26. The Morgan fingerprint density at radius 1 is 1.14 bits per heavy atom. The topological polar surface area (TPSA) is 140 Å². The number of ether oxygens (including phenoxy) is 2. The van der Waals surface area contributed by atoms with E-state index in [2.05, 4.69) is 10.4 Å². The first-order valence-corrected chi connectivity index (χ1v) is 15.9. The van der Waals surface area contributed by atoms with Crippen LogP contribution in [0.15, 0.2) is 73.1 Å². The molecule has 0 saturated heterocycles. The number of halogens is 1. The molecule has 1 aromatic heterocycles. The second-order valence-electron chi connectivity index (χ2n) is 10.2. The van der Waals surface area contributed by atoms with Crippen molar-refractivity contribution >= 4 is 39.2 Å². The molecule has 0 saturated carbocycles. The van der Waals surface area contributed by atoms with Gasteiger partial charge in [-0.2, -0.15) is 13.5 Å². The zero-order valence-corrected chi connectivity index (χ0v) is 25.5. The number of para-hydroxylation sites is 1. The lowest BCUT2D eigenvalue weighted by atomic mass is 10.1. The molecule has 0 fully saturated rings. The molecule has 5 rings (SSSR count). The molecular formula is C31H31ClN4O7S. The first kappa shape index (κ1) is 31.0. The molecule has 4 aromatic rings. The van der Waals surface area contributed by atoms with E-state index in [4.69, 9.17) is 25.6 Å². The van der Waals surface area contributed by atoms with E-state index in [1.807, 2.05) is 55.6 Å². The largest absolute Gasteiger partial charge is 0.493 e. The number of amides is 2. The smallest absolute Gasteiger partial charge is 0.283 e. The highest BCUT2D eigenvalue weighted by atomic mass is 35.5. The number of fused-ring (bicyclic) bond motifs is 1. The van der Waals surface area contributed by atoms with Gasteiger partial charge in [-0.25, -0.2) is 0 Å². The summed E-state index contributed by atoms with van der Waals surface area (Å²) in [5.74, 6) is -0.199. The molecule has 0 radical (unpaired) electrons. The Bertz CT molecular complexity index is 1790. The lowest BCUT2D eigenvalue weighted by Gasteiger charge is -2.31. The third-order valence-electron chi connectivity index (χ3n) is 7.05. The molecule has 3 aromatic carbocycles. The zero-order chi connectivity index (χ0) is 31.3. The Hall–Kier alpha value is -4.39. The molecule has 230 valence electrons. The Morgan fingerprint density at radius 2 is 1.93 bits per heavy atom. The van der Waals surface area contributed by atoms with Gasteiger partial charge in [0.05, 0.1) is 31.6 Å². The highest BCUT2D eigenvalue weighted by Crippen LogP contribution is 2.40. The normalized spacial score (nSPS) is 12.8. The van der Waals surface area contributed by atoms with Crippen LogP contribution in [-0.4, -0.2) is 60.2 Å². The Morgan fingerprint density at radius 3 is 2.75 bits per heavy atom. The van der Waals surface area contributed by atoms with Crippen LogP contribution in [0.2, 0.25) is 5.02 Å². The maximum absolute atomic E-state index is 13.2. The SMILES string of the molecule is Cc1c(Cl)cccc1OCCCC(=O)N1CCOc2c(-c3cnn(Cc4cccc(C(=O)NCS(=O)(=O)O)c4)c3)cccc21. The number of benzene rings is 3. The minimum atomic E-state index is -4.33. The number of nitrogens with one attached hydrogen (secondary N) is 1. The van der Waals surface area contributed by atoms with Gasteiger partial charge < -0.3 is 19.7 Å². The lowest BCUT2D eigenvalue weighted by Crippen LogP contribution is -2.38. The predicted octanol–water partition coefficient (Wildman–Crippen LogP) is 4.72. The molecular weight excluding hydrogens is 608 g/mol. The monoisotopic (exact) mass is 638 g/mol. The van der Waals surface area contributed by atoms with Gasteiger partial charge in [-0.3, -0.25) is 18.8 Å². The van der Waals surface area contributed by atoms with E-state index >= 15 is 0 Å². The molecule has 11 nitrogen and oxygen atoms in total. The molecule has 2 heterocycles. The van der Waals surface area contributed by atoms with E-state index in [1.54, 1.807) is 34.0 Å². The average Bonchev–Trinajstić information content (AvgIpc) is 3.47. The number of anilines is 1. The summed E-state index contributed by atoms with van der Waals surface area (Å²) >= 11 is 6.17. The maximum Gasteiger partial charge on any atom is 0.283 e. The molecule has 2 N–H and O–H groups in total. The number of rotatable bonds is 11. The van der Waals surface area contributed by atoms with Crippen molar-refractivity contribution in [2.24, 2.45) is 0 Å². The van der Waals surface area contributed by atoms with Gasteiger partial charge in [-0.05, 0) is 49.2 Å². The number of hydrogen-bond acceptors (Lipinski definition) is 7. The van der Waals surface area contributed by atoms with Crippen molar-refractivity contribution < 1.29 is 32.0 Å². The average molecular weight is 639 g/mol. The van der Waals surface area contributed by atoms with Crippen LogP contribution in [0.1, 0.15) is 34.3 Å². The first-order valence-electron chi connectivity index (χ1n) is 13.9. The maximum atomic E-state index is 13.2. The summed E-state index contributed by atoms with van der Waals surface area (Å²) < 4.78 is 44.4. The minimum Gasteiger partial charge on any atom is -0.493 e. The van der Waals surface area contributed by atoms with Crippen molar-refractivity contribution in [1.29, 1.82) is 0 Å². The number of aromatic nitrogens is 2. The van der Waals surface area contributed by atoms with E-state index in [1.165, 1.54) is 0 Å². The van der Waals surface area contributed by atoms with E-state index in [0.717, 1.165) is 22.3 Å². The molecule has 0 aliphatic carbocycles. The Labute approximate surface area is 260 Å². The van der Waals surface area contributed by atoms with Crippen molar-refractivity contribution in [3.05, 3.63) is 94.8 Å². The summed E-state index contributed by atoms with van der Waals surface area (Å²) in [6.07, 6.45) is 4.42. The van der Waals surface area contributed by atoms with Crippen molar-refractivity contribution in [3.8, 4) is 22.6 Å². The minimum absolute atomic E-state index is 0.0192. The van der Waals surface area contributed by atoms with E-state index < -0.39 is 21.9 Å². The van der Waals surface area contributed by atoms with Crippen LogP contribution >= 0.6 is 11.6 Å². The molecule has 0 bridgehead atoms. The van der Waals surface area contributed by atoms with Crippen molar-refractivity contribution in [1.82, 2.24) is 15.1 Å². The van der Waals surface area contributed by atoms with Gasteiger partial charge in [0.2, 0.25) is 5.91 Å². The van der Waals surface area contributed by atoms with Crippen molar-refractivity contribution in [2.45, 2.75) is 26.3 Å². The van der Waals surface area contributed by atoms with Crippen LogP contribution in [0.3, 0.4) is 0 Å². The summed E-state index contributed by atoms with van der Waals surface area (Å²) in [6, 6.07) is 17.8. The number of nitrogens with zero attached hydrogens (tertiary/aromatic N) is 3. The van der Waals surface area contributed by atoms with Gasteiger partial charge in [0.25, 0.3) is 16.0 Å². The Kier molecular flexibility index (Phi) is 9.52. The first-order chi connectivity index (χ1) is 21.1. The molecule has 13 heteroatoms. The molecule has 44 heavy (non-hydrogen) atoms. The Balaban J connectivity index is 1.24. The molecule has 2 amide bonds. The van der Waals surface area contributed by atoms with Crippen molar-refractivity contribution in [2.75, 3.05) is 30.5 Å². The van der Waals surface area contributed by atoms with Crippen LogP contribution in [0, 0.1) is 6.92 Å². The van der Waals surface area contributed by atoms with Gasteiger partial charge in [-0.15, -0.1) is 0 Å². The quantitative estimate of drug-likeness (QED) is 0.178. The van der Waals surface area contributed by atoms with Crippen LogP contribution in [-0.2, 0) is 21.5 Å². The predicted molar refractivity (Wildman–Crippen MR) is 166 cm³/mol. The lowest BCUT2D eigenvalue weighted by molar-refractivity contribution is -0.119. The summed E-state index contributed by atoms with van der Waals surface area (Å²) in [6.45, 7) is 3.43. The number of carbonyl (C=O) groups is 2. The van der Waals surface area contributed by atoms with Gasteiger partial charge in [-0.1, -0.05) is 41.9 Å². The molecule has 0 spiro atoms. The van der Waals surface area contributed by atoms with Crippen molar-refractivity contribution in [3.63, 3.8) is 0 Å². The zero-order valence-electron chi connectivity index (χ0n) is 23.9. The molecule has 1 aliphatic heterocycles. The molecule has 0 unspecified atom stereocenters. The molecule has 1 aliphatic rings. The van der Waals surface area contributed by atoms with Gasteiger partial charge in [0.1, 0.15) is 18.2 Å². The van der Waals surface area contributed by atoms with Crippen LogP contribution < -0.4 is 19.7 Å². The summed E-state index contributed by atoms with van der Waals surface area (Å²) in [5, 5.41) is 7.27. The second kappa shape index (κ2) is 13.5. The van der Waals surface area contributed by atoms with E-state index in [0.29, 0.717) is 61.4 Å². The second-order valence-corrected chi connectivity index (χ2v) is 12.1. The fraction of sp³-hybridized carbons (Fsp3) is 0.258. The van der Waals surface area contributed by atoms with Crippen LogP contribution in [0.5, 0.6) is 11.5 Å². The van der Waals surface area contributed by atoms with E-state index in [-0.39, 0.29) is 11.5 Å².